The zero-order valence-electron chi connectivity index (χ0n) is 12.1. The molecule has 2 heterocycles. The Hall–Kier alpha value is -2.09. The molecule has 0 unspecified atom stereocenters. The quantitative estimate of drug-likeness (QED) is 0.757. The SMILES string of the molecule is O=C(Nc1nc2ccc3cc(F)ccc3c2s1)[C@H]1COCCN1. The number of thiazole rings is 1. The van der Waals surface area contributed by atoms with Gasteiger partial charge in [0, 0.05) is 11.9 Å². The molecule has 1 atom stereocenters. The van der Waals surface area contributed by atoms with Gasteiger partial charge in [0.25, 0.3) is 0 Å². The Labute approximate surface area is 135 Å². The maximum atomic E-state index is 13.3. The van der Waals surface area contributed by atoms with E-state index in [1.54, 1.807) is 6.07 Å². The van der Waals surface area contributed by atoms with Crippen molar-refractivity contribution in [2.45, 2.75) is 6.04 Å². The topological polar surface area (TPSA) is 63.2 Å². The van der Waals surface area contributed by atoms with E-state index in [-0.39, 0.29) is 17.8 Å². The summed E-state index contributed by atoms with van der Waals surface area (Å²) in [5, 5.41) is 8.22. The highest BCUT2D eigenvalue weighted by Gasteiger charge is 2.22. The number of anilines is 1. The number of hydrogen-bond donors (Lipinski definition) is 2. The zero-order chi connectivity index (χ0) is 15.8. The van der Waals surface area contributed by atoms with Gasteiger partial charge in [0.2, 0.25) is 5.91 Å². The summed E-state index contributed by atoms with van der Waals surface area (Å²) in [6.45, 7) is 1.64. The molecule has 1 amide bonds. The maximum Gasteiger partial charge on any atom is 0.245 e. The number of fused-ring (bicyclic) bond motifs is 3. The third kappa shape index (κ3) is 2.78. The number of aromatic nitrogens is 1. The summed E-state index contributed by atoms with van der Waals surface area (Å²) in [6.07, 6.45) is 0. The second-order valence-corrected chi connectivity index (χ2v) is 6.37. The van der Waals surface area contributed by atoms with E-state index in [0.29, 0.717) is 24.9 Å². The van der Waals surface area contributed by atoms with E-state index in [0.717, 1.165) is 21.0 Å². The third-order valence-corrected chi connectivity index (χ3v) is 4.82. The molecule has 0 radical (unpaired) electrons. The number of morpholine rings is 1. The number of rotatable bonds is 2. The first kappa shape index (κ1) is 14.5. The monoisotopic (exact) mass is 331 g/mol. The number of ether oxygens (including phenoxy) is 1. The number of carbonyl (C=O) groups excluding carboxylic acids is 1. The Balaban J connectivity index is 1.66. The highest BCUT2D eigenvalue weighted by Crippen LogP contribution is 2.33. The summed E-state index contributed by atoms with van der Waals surface area (Å²) < 4.78 is 19.6. The van der Waals surface area contributed by atoms with Crippen molar-refractivity contribution in [1.82, 2.24) is 10.3 Å². The fourth-order valence-electron chi connectivity index (χ4n) is 2.66. The number of halogens is 1. The van der Waals surface area contributed by atoms with Crippen molar-refractivity contribution in [3.63, 3.8) is 0 Å². The number of nitrogens with zero attached hydrogens (tertiary/aromatic N) is 1. The second kappa shape index (κ2) is 5.84. The molecule has 1 saturated heterocycles. The molecule has 2 N–H and O–H groups in total. The van der Waals surface area contributed by atoms with E-state index < -0.39 is 0 Å². The van der Waals surface area contributed by atoms with E-state index in [1.165, 1.54) is 23.5 Å². The Morgan fingerprint density at radius 1 is 1.39 bits per heavy atom. The minimum Gasteiger partial charge on any atom is -0.378 e. The van der Waals surface area contributed by atoms with Crippen molar-refractivity contribution in [2.24, 2.45) is 0 Å². The molecule has 0 bridgehead atoms. The zero-order valence-corrected chi connectivity index (χ0v) is 13.0. The molecule has 3 aromatic rings. The Morgan fingerprint density at radius 3 is 3.13 bits per heavy atom. The minimum atomic E-state index is -0.360. The van der Waals surface area contributed by atoms with Crippen LogP contribution < -0.4 is 10.6 Å². The highest BCUT2D eigenvalue weighted by molar-refractivity contribution is 7.23. The standard InChI is InChI=1S/C16H14FN3O2S/c17-10-2-3-11-9(7-10)1-4-12-14(11)23-16(19-12)20-15(21)13-8-22-6-5-18-13/h1-4,7,13,18H,5-6,8H2,(H,19,20,21)/t13-/m1/s1. The molecule has 2 aromatic carbocycles. The lowest BCUT2D eigenvalue weighted by Crippen LogP contribution is -2.48. The van der Waals surface area contributed by atoms with Crippen LogP contribution >= 0.6 is 11.3 Å². The Kier molecular flexibility index (Phi) is 3.68. The van der Waals surface area contributed by atoms with Crippen LogP contribution in [0.25, 0.3) is 21.0 Å². The molecular formula is C16H14FN3O2S. The molecule has 1 fully saturated rings. The lowest BCUT2D eigenvalue weighted by molar-refractivity contribution is -0.120. The maximum absolute atomic E-state index is 13.3. The van der Waals surface area contributed by atoms with Crippen molar-refractivity contribution >= 4 is 43.4 Å². The molecule has 1 aromatic heterocycles. The summed E-state index contributed by atoms with van der Waals surface area (Å²) in [4.78, 5) is 16.7. The second-order valence-electron chi connectivity index (χ2n) is 5.37. The smallest absolute Gasteiger partial charge is 0.245 e. The van der Waals surface area contributed by atoms with Gasteiger partial charge in [-0.2, -0.15) is 0 Å². The van der Waals surface area contributed by atoms with Crippen molar-refractivity contribution in [2.75, 3.05) is 25.1 Å². The molecule has 0 spiro atoms. The van der Waals surface area contributed by atoms with E-state index in [9.17, 15) is 9.18 Å². The molecular weight excluding hydrogens is 317 g/mol. The van der Waals surface area contributed by atoms with Crippen LogP contribution in [-0.4, -0.2) is 36.7 Å². The Bertz CT molecular complexity index is 890. The third-order valence-electron chi connectivity index (χ3n) is 3.80. The predicted molar refractivity (Wildman–Crippen MR) is 88.3 cm³/mol. The summed E-state index contributed by atoms with van der Waals surface area (Å²) in [5.41, 5.74) is 0.789. The molecule has 7 heteroatoms. The number of nitrogens with one attached hydrogen (secondary N) is 2. The fourth-order valence-corrected chi connectivity index (χ4v) is 3.67. The fraction of sp³-hybridized carbons (Fsp3) is 0.250. The van der Waals surface area contributed by atoms with Crippen LogP contribution in [0.3, 0.4) is 0 Å². The van der Waals surface area contributed by atoms with Gasteiger partial charge in [0.15, 0.2) is 5.13 Å². The van der Waals surface area contributed by atoms with E-state index in [4.69, 9.17) is 4.74 Å². The van der Waals surface area contributed by atoms with Crippen LogP contribution in [0.15, 0.2) is 30.3 Å². The Morgan fingerprint density at radius 2 is 2.30 bits per heavy atom. The molecule has 0 aliphatic carbocycles. The van der Waals surface area contributed by atoms with E-state index in [2.05, 4.69) is 15.6 Å². The first-order valence-electron chi connectivity index (χ1n) is 7.31. The van der Waals surface area contributed by atoms with Crippen LogP contribution in [0.2, 0.25) is 0 Å². The van der Waals surface area contributed by atoms with Crippen molar-refractivity contribution < 1.29 is 13.9 Å². The van der Waals surface area contributed by atoms with E-state index >= 15 is 0 Å². The normalized spacial score (nSPS) is 18.4. The van der Waals surface area contributed by atoms with Gasteiger partial charge in [-0.3, -0.25) is 4.79 Å². The predicted octanol–water partition coefficient (Wildman–Crippen LogP) is 2.52. The molecule has 1 aliphatic rings. The summed E-state index contributed by atoms with van der Waals surface area (Å²) in [5.74, 6) is -0.419. The lowest BCUT2D eigenvalue weighted by atomic mass is 10.1. The van der Waals surface area contributed by atoms with Gasteiger partial charge in [-0.05, 0) is 29.7 Å². The van der Waals surface area contributed by atoms with Crippen LogP contribution in [0.1, 0.15) is 0 Å². The first-order valence-corrected chi connectivity index (χ1v) is 8.13. The average Bonchev–Trinajstić information content (AvgIpc) is 2.98. The summed E-state index contributed by atoms with van der Waals surface area (Å²) >= 11 is 1.39. The van der Waals surface area contributed by atoms with Crippen LogP contribution in [0.4, 0.5) is 9.52 Å². The van der Waals surface area contributed by atoms with Gasteiger partial charge in [-0.15, -0.1) is 0 Å². The van der Waals surface area contributed by atoms with Crippen LogP contribution in [0, 0.1) is 5.82 Å². The lowest BCUT2D eigenvalue weighted by Gasteiger charge is -2.22. The average molecular weight is 331 g/mol. The molecule has 4 rings (SSSR count). The van der Waals surface area contributed by atoms with Crippen LogP contribution in [-0.2, 0) is 9.53 Å². The first-order chi connectivity index (χ1) is 11.2. The summed E-state index contributed by atoms with van der Waals surface area (Å²) in [6, 6.07) is 7.99. The van der Waals surface area contributed by atoms with E-state index in [1.807, 2.05) is 12.1 Å². The molecule has 0 saturated carbocycles. The van der Waals surface area contributed by atoms with Gasteiger partial charge in [0.1, 0.15) is 11.9 Å². The minimum absolute atomic E-state index is 0.154. The number of benzene rings is 2. The van der Waals surface area contributed by atoms with Gasteiger partial charge in [0.05, 0.1) is 23.4 Å². The summed E-state index contributed by atoms with van der Waals surface area (Å²) in [7, 11) is 0. The molecule has 23 heavy (non-hydrogen) atoms. The van der Waals surface area contributed by atoms with Crippen molar-refractivity contribution in [1.29, 1.82) is 0 Å². The molecule has 5 nitrogen and oxygen atoms in total. The number of carbonyl (C=O) groups is 1. The number of amides is 1. The largest absolute Gasteiger partial charge is 0.378 e. The number of hydrogen-bond acceptors (Lipinski definition) is 5. The highest BCUT2D eigenvalue weighted by atomic mass is 32.1. The van der Waals surface area contributed by atoms with Gasteiger partial charge >= 0.3 is 0 Å². The van der Waals surface area contributed by atoms with Gasteiger partial charge in [-0.1, -0.05) is 17.4 Å². The van der Waals surface area contributed by atoms with Crippen LogP contribution in [0.5, 0.6) is 0 Å². The molecule has 118 valence electrons. The van der Waals surface area contributed by atoms with Gasteiger partial charge < -0.3 is 15.4 Å². The van der Waals surface area contributed by atoms with Gasteiger partial charge in [-0.25, -0.2) is 9.37 Å². The van der Waals surface area contributed by atoms with Crippen molar-refractivity contribution in [3.05, 3.63) is 36.1 Å². The van der Waals surface area contributed by atoms with Crippen molar-refractivity contribution in [3.8, 4) is 0 Å². The molecule has 1 aliphatic heterocycles.